The highest BCUT2D eigenvalue weighted by molar-refractivity contribution is 5.84. The molecule has 1 aromatic rings. The van der Waals surface area contributed by atoms with Gasteiger partial charge in [-0.2, -0.15) is 4.57 Å². The number of imidazole rings is 1. The fraction of sp³-hybridized carbons (Fsp3) is 0.600. The van der Waals surface area contributed by atoms with Crippen LogP contribution in [0.5, 0.6) is 0 Å². The summed E-state index contributed by atoms with van der Waals surface area (Å²) in [7, 11) is 1.95. The molecule has 1 atom stereocenters. The van der Waals surface area contributed by atoms with Gasteiger partial charge in [-0.15, -0.1) is 0 Å². The molecule has 1 N–H and O–H groups in total. The lowest BCUT2D eigenvalue weighted by molar-refractivity contribution is -0.676. The molecule has 14 heavy (non-hydrogen) atoms. The van der Waals surface area contributed by atoms with E-state index in [-0.39, 0.29) is 11.9 Å². The molecule has 0 aromatic carbocycles. The van der Waals surface area contributed by atoms with Crippen molar-refractivity contribution in [2.75, 3.05) is 6.54 Å². The van der Waals surface area contributed by atoms with Crippen LogP contribution in [-0.2, 0) is 7.05 Å². The highest BCUT2D eigenvalue weighted by Crippen LogP contribution is 2.08. The van der Waals surface area contributed by atoms with Crippen molar-refractivity contribution in [3.63, 3.8) is 0 Å². The minimum atomic E-state index is 0.0149. The van der Waals surface area contributed by atoms with Crippen molar-refractivity contribution in [1.82, 2.24) is 9.88 Å². The quantitative estimate of drug-likeness (QED) is 0.640. The number of aryl methyl sites for hydroxylation is 1. The Morgan fingerprint density at radius 1 is 1.71 bits per heavy atom. The number of carbonyl (C=O) groups is 1. The third kappa shape index (κ3) is 1.46. The Hall–Kier alpha value is -1.16. The van der Waals surface area contributed by atoms with Crippen LogP contribution in [-0.4, -0.2) is 23.1 Å². The molecule has 0 bridgehead atoms. The molecule has 76 valence electrons. The first-order chi connectivity index (χ1) is 6.70. The third-order valence-electron chi connectivity index (χ3n) is 2.89. The van der Waals surface area contributed by atoms with Crippen LogP contribution in [0.2, 0.25) is 0 Å². The zero-order valence-corrected chi connectivity index (χ0v) is 8.66. The van der Waals surface area contributed by atoms with Crippen molar-refractivity contribution in [3.05, 3.63) is 18.2 Å². The van der Waals surface area contributed by atoms with Crippen molar-refractivity contribution < 1.29 is 9.36 Å². The van der Waals surface area contributed by atoms with E-state index in [2.05, 4.69) is 5.32 Å². The first-order valence-electron chi connectivity index (χ1n) is 5.01. The van der Waals surface area contributed by atoms with Crippen LogP contribution in [0.25, 0.3) is 0 Å². The summed E-state index contributed by atoms with van der Waals surface area (Å²) >= 11 is 0. The van der Waals surface area contributed by atoms with Gasteiger partial charge in [0.15, 0.2) is 0 Å². The van der Waals surface area contributed by atoms with E-state index in [1.54, 1.807) is 4.57 Å². The third-order valence-corrected chi connectivity index (χ3v) is 2.89. The van der Waals surface area contributed by atoms with E-state index in [1.165, 1.54) is 0 Å². The molecule has 1 aromatic heterocycles. The minimum absolute atomic E-state index is 0.0149. The molecule has 0 aliphatic carbocycles. The second-order valence-corrected chi connectivity index (χ2v) is 3.81. The summed E-state index contributed by atoms with van der Waals surface area (Å²) in [6.45, 7) is 2.91. The van der Waals surface area contributed by atoms with Crippen LogP contribution in [0, 0.1) is 6.92 Å². The predicted octanol–water partition coefficient (Wildman–Crippen LogP) is 0.0132. The summed E-state index contributed by atoms with van der Waals surface area (Å²) in [6, 6.07) is 0.0149. The van der Waals surface area contributed by atoms with Gasteiger partial charge in [0.05, 0.1) is 7.05 Å². The van der Waals surface area contributed by atoms with Crippen molar-refractivity contribution in [1.29, 1.82) is 0 Å². The lowest BCUT2D eigenvalue weighted by Crippen LogP contribution is -2.37. The fourth-order valence-electron chi connectivity index (χ4n) is 1.85. The molecular weight excluding hydrogens is 178 g/mol. The van der Waals surface area contributed by atoms with Crippen LogP contribution < -0.4 is 9.88 Å². The number of aromatic nitrogens is 2. The van der Waals surface area contributed by atoms with Crippen molar-refractivity contribution in [2.45, 2.75) is 25.8 Å². The van der Waals surface area contributed by atoms with Crippen LogP contribution in [0.4, 0.5) is 0 Å². The molecule has 2 heterocycles. The zero-order valence-electron chi connectivity index (χ0n) is 8.66. The Kier molecular flexibility index (Phi) is 2.37. The van der Waals surface area contributed by atoms with Gasteiger partial charge in [-0.05, 0) is 19.4 Å². The summed E-state index contributed by atoms with van der Waals surface area (Å²) in [5.74, 6) is 1.14. The van der Waals surface area contributed by atoms with E-state index >= 15 is 0 Å². The number of rotatable bonds is 1. The van der Waals surface area contributed by atoms with E-state index in [9.17, 15) is 4.79 Å². The molecule has 0 radical (unpaired) electrons. The smallest absolute Gasteiger partial charge is 0.304 e. The van der Waals surface area contributed by atoms with Crippen LogP contribution >= 0.6 is 0 Å². The Balaban J connectivity index is 2.22. The van der Waals surface area contributed by atoms with E-state index in [0.717, 1.165) is 25.2 Å². The second kappa shape index (κ2) is 3.53. The van der Waals surface area contributed by atoms with Gasteiger partial charge >= 0.3 is 5.91 Å². The lowest BCUT2D eigenvalue weighted by Gasteiger charge is -2.05. The zero-order chi connectivity index (χ0) is 10.1. The summed E-state index contributed by atoms with van der Waals surface area (Å²) in [4.78, 5) is 12.0. The van der Waals surface area contributed by atoms with Crippen LogP contribution in [0.1, 0.15) is 23.5 Å². The standard InChI is InChI=1S/C10H16N3O/c1-8-12(2)6-7-13(8)10(14)9-4-3-5-11-9/h6-7,9,11H,3-5H2,1-2H3/q+1. The van der Waals surface area contributed by atoms with Gasteiger partial charge in [0.25, 0.3) is 5.82 Å². The van der Waals surface area contributed by atoms with Crippen LogP contribution in [0.3, 0.4) is 0 Å². The van der Waals surface area contributed by atoms with E-state index in [4.69, 9.17) is 0 Å². The molecule has 1 fully saturated rings. The van der Waals surface area contributed by atoms with Crippen LogP contribution in [0.15, 0.2) is 12.4 Å². The van der Waals surface area contributed by atoms with Gasteiger partial charge in [-0.1, -0.05) is 0 Å². The maximum Gasteiger partial charge on any atom is 0.331 e. The molecule has 4 nitrogen and oxygen atoms in total. The second-order valence-electron chi connectivity index (χ2n) is 3.81. The molecule has 0 saturated carbocycles. The van der Waals surface area contributed by atoms with Gasteiger partial charge in [-0.25, -0.2) is 9.36 Å². The Morgan fingerprint density at radius 3 is 3.00 bits per heavy atom. The molecule has 2 rings (SSSR count). The molecule has 1 aliphatic heterocycles. The Labute approximate surface area is 83.5 Å². The predicted molar refractivity (Wildman–Crippen MR) is 52.0 cm³/mol. The Bertz CT molecular complexity index is 350. The topological polar surface area (TPSA) is 37.9 Å². The van der Waals surface area contributed by atoms with Crippen molar-refractivity contribution in [3.8, 4) is 0 Å². The number of nitrogens with zero attached hydrogens (tertiary/aromatic N) is 2. The minimum Gasteiger partial charge on any atom is -0.304 e. The summed E-state index contributed by atoms with van der Waals surface area (Å²) < 4.78 is 3.68. The number of hydrogen-bond acceptors (Lipinski definition) is 2. The average molecular weight is 194 g/mol. The highest BCUT2D eigenvalue weighted by Gasteiger charge is 2.28. The van der Waals surface area contributed by atoms with Crippen molar-refractivity contribution in [2.24, 2.45) is 7.05 Å². The maximum absolute atomic E-state index is 12.0. The van der Waals surface area contributed by atoms with Gasteiger partial charge < -0.3 is 5.32 Å². The molecule has 1 aliphatic rings. The fourth-order valence-corrected chi connectivity index (χ4v) is 1.85. The Morgan fingerprint density at radius 2 is 2.50 bits per heavy atom. The van der Waals surface area contributed by atoms with Gasteiger partial charge in [-0.3, -0.25) is 0 Å². The average Bonchev–Trinajstić information content (AvgIpc) is 2.77. The molecule has 1 saturated heterocycles. The van der Waals surface area contributed by atoms with Gasteiger partial charge in [0.1, 0.15) is 18.4 Å². The van der Waals surface area contributed by atoms with Gasteiger partial charge in [0, 0.05) is 6.92 Å². The maximum atomic E-state index is 12.0. The molecule has 0 amide bonds. The largest absolute Gasteiger partial charge is 0.331 e. The molecule has 4 heteroatoms. The number of nitrogens with one attached hydrogen (secondary N) is 1. The van der Waals surface area contributed by atoms with E-state index in [1.807, 2.05) is 30.9 Å². The van der Waals surface area contributed by atoms with E-state index < -0.39 is 0 Å². The number of hydrogen-bond donors (Lipinski definition) is 1. The molecule has 1 unspecified atom stereocenters. The molecule has 0 spiro atoms. The monoisotopic (exact) mass is 194 g/mol. The first kappa shape index (κ1) is 9.40. The SMILES string of the molecule is Cc1n(C(=O)C2CCCN2)cc[n+]1C. The summed E-state index contributed by atoms with van der Waals surface area (Å²) in [6.07, 6.45) is 5.79. The lowest BCUT2D eigenvalue weighted by atomic mass is 10.2. The van der Waals surface area contributed by atoms with Crippen molar-refractivity contribution >= 4 is 5.91 Å². The number of carbonyl (C=O) groups excluding carboxylic acids is 1. The normalized spacial score (nSPS) is 21.4. The highest BCUT2D eigenvalue weighted by atomic mass is 16.2. The molecular formula is C10H16N3O+. The van der Waals surface area contributed by atoms with Gasteiger partial charge in [0.2, 0.25) is 0 Å². The summed E-state index contributed by atoms with van der Waals surface area (Å²) in [5.41, 5.74) is 0. The summed E-state index contributed by atoms with van der Waals surface area (Å²) in [5, 5.41) is 3.21. The van der Waals surface area contributed by atoms with E-state index in [0.29, 0.717) is 0 Å². The first-order valence-corrected chi connectivity index (χ1v) is 5.01.